The number of amides is 3. The lowest BCUT2D eigenvalue weighted by molar-refractivity contribution is -0.127. The van der Waals surface area contributed by atoms with E-state index >= 15 is 0 Å². The molecule has 0 aliphatic carbocycles. The molecular formula is C13H22N2O3. The fourth-order valence-electron chi connectivity index (χ4n) is 3.02. The van der Waals surface area contributed by atoms with Gasteiger partial charge in [0.2, 0.25) is 0 Å². The molecule has 2 aliphatic heterocycles. The first-order chi connectivity index (χ1) is 8.69. The standard InChI is InChI=1S/C13H22N2O3/c1-2-3-4-7-13(10-5-8-18-9-6-10)11(16)14-12(17)15-13/h10H,2-9H2,1H3,(H2,14,15,16,17). The van der Waals surface area contributed by atoms with E-state index in [0.717, 1.165) is 38.5 Å². The van der Waals surface area contributed by atoms with Gasteiger partial charge >= 0.3 is 6.03 Å². The lowest BCUT2D eigenvalue weighted by Gasteiger charge is -2.37. The van der Waals surface area contributed by atoms with Gasteiger partial charge in [-0.3, -0.25) is 10.1 Å². The number of hydrogen-bond acceptors (Lipinski definition) is 3. The summed E-state index contributed by atoms with van der Waals surface area (Å²) in [4.78, 5) is 23.6. The maximum absolute atomic E-state index is 12.2. The van der Waals surface area contributed by atoms with E-state index in [1.165, 1.54) is 0 Å². The zero-order valence-corrected chi connectivity index (χ0v) is 11.0. The SMILES string of the molecule is CCCCCC1(C2CCOCC2)NC(=O)NC1=O. The number of rotatable bonds is 5. The summed E-state index contributed by atoms with van der Waals surface area (Å²) in [5.74, 6) is 0.0602. The molecule has 5 heteroatoms. The number of carbonyl (C=O) groups is 2. The third kappa shape index (κ3) is 2.51. The lowest BCUT2D eigenvalue weighted by Crippen LogP contribution is -2.54. The molecule has 2 fully saturated rings. The van der Waals surface area contributed by atoms with E-state index in [4.69, 9.17) is 4.74 Å². The number of urea groups is 1. The molecule has 1 unspecified atom stereocenters. The molecule has 0 aromatic heterocycles. The van der Waals surface area contributed by atoms with E-state index in [1.54, 1.807) is 0 Å². The number of unbranched alkanes of at least 4 members (excludes halogenated alkanes) is 2. The molecule has 0 saturated carbocycles. The van der Waals surface area contributed by atoms with Gasteiger partial charge in [-0.05, 0) is 25.2 Å². The number of ether oxygens (including phenoxy) is 1. The fourth-order valence-corrected chi connectivity index (χ4v) is 3.02. The van der Waals surface area contributed by atoms with Crippen LogP contribution in [0.15, 0.2) is 0 Å². The highest BCUT2D eigenvalue weighted by Gasteiger charge is 2.51. The van der Waals surface area contributed by atoms with Gasteiger partial charge in [-0.15, -0.1) is 0 Å². The van der Waals surface area contributed by atoms with Gasteiger partial charge in [0.05, 0.1) is 0 Å². The Morgan fingerprint density at radius 3 is 2.56 bits per heavy atom. The Kier molecular flexibility index (Phi) is 4.22. The molecule has 0 aromatic rings. The average molecular weight is 254 g/mol. The van der Waals surface area contributed by atoms with Crippen molar-refractivity contribution in [3.8, 4) is 0 Å². The number of carbonyl (C=O) groups excluding carboxylic acids is 2. The Balaban J connectivity index is 2.10. The van der Waals surface area contributed by atoms with Gasteiger partial charge < -0.3 is 10.1 Å². The summed E-state index contributed by atoms with van der Waals surface area (Å²) in [5, 5.41) is 5.29. The first kappa shape index (κ1) is 13.3. The highest BCUT2D eigenvalue weighted by molar-refractivity contribution is 6.07. The molecule has 0 radical (unpaired) electrons. The summed E-state index contributed by atoms with van der Waals surface area (Å²) in [6.07, 6.45) is 5.61. The van der Waals surface area contributed by atoms with E-state index in [9.17, 15) is 9.59 Å². The van der Waals surface area contributed by atoms with Gasteiger partial charge in [-0.25, -0.2) is 4.79 Å². The van der Waals surface area contributed by atoms with Crippen molar-refractivity contribution < 1.29 is 14.3 Å². The predicted octanol–water partition coefficient (Wildman–Crippen LogP) is 1.57. The highest BCUT2D eigenvalue weighted by atomic mass is 16.5. The molecule has 0 bridgehead atoms. The minimum absolute atomic E-state index is 0.143. The van der Waals surface area contributed by atoms with Crippen molar-refractivity contribution in [2.75, 3.05) is 13.2 Å². The summed E-state index contributed by atoms with van der Waals surface area (Å²) < 4.78 is 5.35. The second-order valence-electron chi connectivity index (χ2n) is 5.22. The highest BCUT2D eigenvalue weighted by Crippen LogP contribution is 2.34. The van der Waals surface area contributed by atoms with E-state index in [2.05, 4.69) is 17.6 Å². The summed E-state index contributed by atoms with van der Waals surface area (Å²) in [5.41, 5.74) is -0.684. The van der Waals surface area contributed by atoms with Crippen LogP contribution < -0.4 is 10.6 Å². The van der Waals surface area contributed by atoms with Crippen LogP contribution in [0.25, 0.3) is 0 Å². The maximum Gasteiger partial charge on any atom is 0.322 e. The largest absolute Gasteiger partial charge is 0.381 e. The van der Waals surface area contributed by atoms with Gasteiger partial charge in [0.25, 0.3) is 5.91 Å². The third-order valence-corrected chi connectivity index (χ3v) is 4.06. The molecule has 18 heavy (non-hydrogen) atoms. The normalized spacial score (nSPS) is 29.2. The van der Waals surface area contributed by atoms with Crippen molar-refractivity contribution in [2.24, 2.45) is 5.92 Å². The van der Waals surface area contributed by atoms with E-state index in [1.807, 2.05) is 0 Å². The lowest BCUT2D eigenvalue weighted by atomic mass is 9.75. The average Bonchev–Trinajstić information content (AvgIpc) is 2.67. The molecule has 2 N–H and O–H groups in total. The van der Waals surface area contributed by atoms with Crippen molar-refractivity contribution in [1.29, 1.82) is 0 Å². The summed E-state index contributed by atoms with van der Waals surface area (Å²) in [6.45, 7) is 3.50. The summed E-state index contributed by atoms with van der Waals surface area (Å²) in [7, 11) is 0. The molecule has 2 saturated heterocycles. The van der Waals surface area contributed by atoms with Crippen LogP contribution in [0.4, 0.5) is 4.79 Å². The summed E-state index contributed by atoms with van der Waals surface area (Å²) >= 11 is 0. The van der Waals surface area contributed by atoms with Crippen molar-refractivity contribution in [1.82, 2.24) is 10.6 Å². The monoisotopic (exact) mass is 254 g/mol. The molecule has 0 spiro atoms. The Hall–Kier alpha value is -1.10. The van der Waals surface area contributed by atoms with Crippen LogP contribution in [0.1, 0.15) is 45.4 Å². The number of hydrogen-bond donors (Lipinski definition) is 2. The third-order valence-electron chi connectivity index (χ3n) is 4.06. The van der Waals surface area contributed by atoms with Crippen molar-refractivity contribution in [3.05, 3.63) is 0 Å². The Bertz CT molecular complexity index is 326. The minimum atomic E-state index is -0.684. The van der Waals surface area contributed by atoms with E-state index in [0.29, 0.717) is 13.2 Å². The second kappa shape index (κ2) is 5.69. The minimum Gasteiger partial charge on any atom is -0.381 e. The predicted molar refractivity (Wildman–Crippen MR) is 67.1 cm³/mol. The van der Waals surface area contributed by atoms with Crippen LogP contribution in [0.2, 0.25) is 0 Å². The molecule has 2 heterocycles. The molecule has 2 rings (SSSR count). The van der Waals surface area contributed by atoms with Crippen LogP contribution >= 0.6 is 0 Å². The van der Waals surface area contributed by atoms with Gasteiger partial charge in [-0.2, -0.15) is 0 Å². The molecule has 102 valence electrons. The molecule has 5 nitrogen and oxygen atoms in total. The van der Waals surface area contributed by atoms with Gasteiger partial charge in [0.1, 0.15) is 5.54 Å². The van der Waals surface area contributed by atoms with Gasteiger partial charge in [0, 0.05) is 13.2 Å². The fraction of sp³-hybridized carbons (Fsp3) is 0.846. The molecular weight excluding hydrogens is 232 g/mol. The van der Waals surface area contributed by atoms with Crippen LogP contribution in [-0.4, -0.2) is 30.7 Å². The van der Waals surface area contributed by atoms with Gasteiger partial charge in [-0.1, -0.05) is 26.2 Å². The summed E-state index contributed by atoms with van der Waals surface area (Å²) in [6, 6.07) is -0.344. The van der Waals surface area contributed by atoms with Gasteiger partial charge in [0.15, 0.2) is 0 Å². The van der Waals surface area contributed by atoms with Crippen LogP contribution in [0.3, 0.4) is 0 Å². The Labute approximate surface area is 108 Å². The smallest absolute Gasteiger partial charge is 0.322 e. The zero-order chi connectivity index (χ0) is 13.0. The number of nitrogens with one attached hydrogen (secondary N) is 2. The number of imide groups is 1. The Morgan fingerprint density at radius 2 is 2.00 bits per heavy atom. The van der Waals surface area contributed by atoms with Crippen LogP contribution in [0, 0.1) is 5.92 Å². The first-order valence-corrected chi connectivity index (χ1v) is 6.90. The van der Waals surface area contributed by atoms with Crippen molar-refractivity contribution >= 4 is 11.9 Å². The Morgan fingerprint density at radius 1 is 1.28 bits per heavy atom. The van der Waals surface area contributed by atoms with Crippen molar-refractivity contribution in [3.63, 3.8) is 0 Å². The molecule has 1 atom stereocenters. The molecule has 0 aromatic carbocycles. The maximum atomic E-state index is 12.2. The van der Waals surface area contributed by atoms with E-state index < -0.39 is 5.54 Å². The first-order valence-electron chi connectivity index (χ1n) is 6.90. The van der Waals surface area contributed by atoms with E-state index in [-0.39, 0.29) is 17.9 Å². The van der Waals surface area contributed by atoms with Crippen LogP contribution in [0.5, 0.6) is 0 Å². The topological polar surface area (TPSA) is 67.4 Å². The second-order valence-corrected chi connectivity index (χ2v) is 5.22. The quantitative estimate of drug-likeness (QED) is 0.578. The zero-order valence-electron chi connectivity index (χ0n) is 11.0. The van der Waals surface area contributed by atoms with Crippen LogP contribution in [-0.2, 0) is 9.53 Å². The molecule has 2 aliphatic rings. The molecule has 3 amide bonds. The van der Waals surface area contributed by atoms with Crippen molar-refractivity contribution in [2.45, 2.75) is 51.0 Å².